The molecule has 1 aliphatic heterocycles. The molecule has 5 rings (SSSR count). The molecule has 0 radical (unpaired) electrons. The molecule has 29 heavy (non-hydrogen) atoms. The van der Waals surface area contributed by atoms with E-state index in [2.05, 4.69) is 25.1 Å². The topological polar surface area (TPSA) is 119 Å². The standard InChI is InChI=1S/C19H22N8O2/c1-26(13-5-3-2-4-6-13)18-22-15(21-17(20)24-18)16-23-19(29-25-16)27-9-14(10-27)28-11-12-7-8-12/h2-6,12,14H,7-11H2,1H3,(H2,20,21,22,24). The highest BCUT2D eigenvalue weighted by atomic mass is 16.5. The number of hydrogen-bond acceptors (Lipinski definition) is 10. The third kappa shape index (κ3) is 3.83. The zero-order valence-corrected chi connectivity index (χ0v) is 16.1. The maximum absolute atomic E-state index is 5.90. The molecule has 10 nitrogen and oxygen atoms in total. The Bertz CT molecular complexity index is 985. The van der Waals surface area contributed by atoms with Gasteiger partial charge in [0.2, 0.25) is 23.5 Å². The van der Waals surface area contributed by atoms with Gasteiger partial charge in [-0.15, -0.1) is 0 Å². The molecular formula is C19H22N8O2. The van der Waals surface area contributed by atoms with E-state index in [4.69, 9.17) is 15.0 Å². The molecule has 0 spiro atoms. The van der Waals surface area contributed by atoms with Gasteiger partial charge in [-0.3, -0.25) is 0 Å². The molecule has 2 aromatic heterocycles. The van der Waals surface area contributed by atoms with Crippen molar-refractivity contribution in [1.29, 1.82) is 0 Å². The van der Waals surface area contributed by atoms with Gasteiger partial charge in [0, 0.05) is 19.3 Å². The number of anilines is 4. The number of nitrogens with two attached hydrogens (primary N) is 1. The Hall–Kier alpha value is -3.27. The first-order chi connectivity index (χ1) is 14.2. The van der Waals surface area contributed by atoms with Crippen LogP contribution in [0, 0.1) is 5.92 Å². The summed E-state index contributed by atoms with van der Waals surface area (Å²) in [6.07, 6.45) is 2.81. The van der Waals surface area contributed by atoms with E-state index >= 15 is 0 Å². The van der Waals surface area contributed by atoms with Crippen LogP contribution >= 0.6 is 0 Å². The first kappa shape index (κ1) is 17.8. The van der Waals surface area contributed by atoms with Gasteiger partial charge in [0.25, 0.3) is 0 Å². The summed E-state index contributed by atoms with van der Waals surface area (Å²) >= 11 is 0. The van der Waals surface area contributed by atoms with Gasteiger partial charge in [0.15, 0.2) is 0 Å². The number of para-hydroxylation sites is 1. The molecule has 10 heteroatoms. The first-order valence-electron chi connectivity index (χ1n) is 9.66. The smallest absolute Gasteiger partial charge is 0.324 e. The lowest BCUT2D eigenvalue weighted by molar-refractivity contribution is 0.0253. The molecule has 1 aromatic carbocycles. The van der Waals surface area contributed by atoms with Crippen LogP contribution < -0.4 is 15.5 Å². The third-order valence-corrected chi connectivity index (χ3v) is 5.08. The molecule has 0 unspecified atom stereocenters. The van der Waals surface area contributed by atoms with Crippen LogP contribution in [0.4, 0.5) is 23.6 Å². The number of nitrogens with zero attached hydrogens (tertiary/aromatic N) is 7. The summed E-state index contributed by atoms with van der Waals surface area (Å²) in [7, 11) is 1.86. The van der Waals surface area contributed by atoms with E-state index in [1.165, 1.54) is 12.8 Å². The van der Waals surface area contributed by atoms with Crippen molar-refractivity contribution in [2.24, 2.45) is 5.92 Å². The molecule has 0 atom stereocenters. The molecule has 3 heterocycles. The molecule has 0 amide bonds. The fourth-order valence-corrected chi connectivity index (χ4v) is 3.09. The summed E-state index contributed by atoms with van der Waals surface area (Å²) < 4.78 is 11.2. The van der Waals surface area contributed by atoms with Gasteiger partial charge in [0.1, 0.15) is 0 Å². The molecule has 150 valence electrons. The SMILES string of the molecule is CN(c1ccccc1)c1nc(N)nc(-c2noc(N3CC(OCC4CC4)C3)n2)n1. The molecule has 1 saturated heterocycles. The van der Waals surface area contributed by atoms with Gasteiger partial charge >= 0.3 is 6.01 Å². The van der Waals surface area contributed by atoms with E-state index in [0.717, 1.165) is 31.3 Å². The highest BCUT2D eigenvalue weighted by Crippen LogP contribution is 2.31. The average molecular weight is 394 g/mol. The molecule has 2 fully saturated rings. The van der Waals surface area contributed by atoms with Crippen molar-refractivity contribution in [2.75, 3.05) is 42.3 Å². The summed E-state index contributed by atoms with van der Waals surface area (Å²) in [5.41, 5.74) is 6.82. The largest absolute Gasteiger partial charge is 0.374 e. The second-order valence-corrected chi connectivity index (χ2v) is 7.42. The molecule has 2 aliphatic rings. The predicted octanol–water partition coefficient (Wildman–Crippen LogP) is 1.89. The van der Waals surface area contributed by atoms with Crippen LogP contribution in [0.3, 0.4) is 0 Å². The summed E-state index contributed by atoms with van der Waals surface area (Å²) in [6.45, 7) is 2.35. The van der Waals surface area contributed by atoms with Crippen molar-refractivity contribution in [2.45, 2.75) is 18.9 Å². The molecule has 3 aromatic rings. The lowest BCUT2D eigenvalue weighted by Gasteiger charge is -2.37. The number of nitrogen functional groups attached to an aromatic ring is 1. The van der Waals surface area contributed by atoms with Crippen LogP contribution in [0.2, 0.25) is 0 Å². The summed E-state index contributed by atoms with van der Waals surface area (Å²) in [4.78, 5) is 21.1. The van der Waals surface area contributed by atoms with Crippen molar-refractivity contribution in [3.05, 3.63) is 30.3 Å². The van der Waals surface area contributed by atoms with Crippen LogP contribution in [0.25, 0.3) is 11.6 Å². The summed E-state index contributed by atoms with van der Waals surface area (Å²) in [6, 6.07) is 10.2. The quantitative estimate of drug-likeness (QED) is 0.636. The van der Waals surface area contributed by atoms with Crippen molar-refractivity contribution < 1.29 is 9.26 Å². The second-order valence-electron chi connectivity index (χ2n) is 7.42. The van der Waals surface area contributed by atoms with E-state index in [9.17, 15) is 0 Å². The Labute approximate surface area is 167 Å². The maximum atomic E-state index is 5.90. The Morgan fingerprint density at radius 1 is 1.10 bits per heavy atom. The highest BCUT2D eigenvalue weighted by molar-refractivity contribution is 5.59. The Balaban J connectivity index is 1.29. The minimum atomic E-state index is 0.0941. The first-order valence-corrected chi connectivity index (χ1v) is 9.66. The van der Waals surface area contributed by atoms with Gasteiger partial charge < -0.3 is 24.8 Å². The van der Waals surface area contributed by atoms with Crippen molar-refractivity contribution >= 4 is 23.6 Å². The van der Waals surface area contributed by atoms with Crippen molar-refractivity contribution in [1.82, 2.24) is 25.1 Å². The molecule has 1 saturated carbocycles. The van der Waals surface area contributed by atoms with Crippen LogP contribution in [-0.4, -0.2) is 57.9 Å². The van der Waals surface area contributed by atoms with Gasteiger partial charge in [-0.2, -0.15) is 19.9 Å². The van der Waals surface area contributed by atoms with E-state index in [0.29, 0.717) is 12.0 Å². The van der Waals surface area contributed by atoms with Crippen LogP contribution in [0.15, 0.2) is 34.9 Å². The van der Waals surface area contributed by atoms with Gasteiger partial charge in [-0.1, -0.05) is 23.4 Å². The number of benzene rings is 1. The van der Waals surface area contributed by atoms with E-state index < -0.39 is 0 Å². The van der Waals surface area contributed by atoms with E-state index in [-0.39, 0.29) is 23.7 Å². The fraction of sp³-hybridized carbons (Fsp3) is 0.421. The van der Waals surface area contributed by atoms with Crippen LogP contribution in [0.5, 0.6) is 0 Å². The lowest BCUT2D eigenvalue weighted by Crippen LogP contribution is -2.52. The number of aromatic nitrogens is 5. The zero-order valence-electron chi connectivity index (χ0n) is 16.1. The third-order valence-electron chi connectivity index (χ3n) is 5.08. The highest BCUT2D eigenvalue weighted by Gasteiger charge is 2.33. The Kier molecular flexibility index (Phi) is 4.47. The van der Waals surface area contributed by atoms with Gasteiger partial charge in [-0.25, -0.2) is 0 Å². The Morgan fingerprint density at radius 2 is 1.90 bits per heavy atom. The number of rotatable bonds is 7. The summed E-state index contributed by atoms with van der Waals surface area (Å²) in [5, 5.41) is 4.02. The monoisotopic (exact) mass is 394 g/mol. The van der Waals surface area contributed by atoms with Gasteiger partial charge in [0.05, 0.1) is 19.2 Å². The van der Waals surface area contributed by atoms with E-state index in [1.807, 2.05) is 47.2 Å². The lowest BCUT2D eigenvalue weighted by atomic mass is 10.2. The van der Waals surface area contributed by atoms with Gasteiger partial charge in [-0.05, 0) is 30.9 Å². The second kappa shape index (κ2) is 7.28. The van der Waals surface area contributed by atoms with Crippen molar-refractivity contribution in [3.63, 3.8) is 0 Å². The predicted molar refractivity (Wildman–Crippen MR) is 107 cm³/mol. The minimum absolute atomic E-state index is 0.0941. The maximum Gasteiger partial charge on any atom is 0.324 e. The fourth-order valence-electron chi connectivity index (χ4n) is 3.09. The van der Waals surface area contributed by atoms with E-state index in [1.54, 1.807) is 0 Å². The molecule has 1 aliphatic carbocycles. The summed E-state index contributed by atoms with van der Waals surface area (Å²) in [5.74, 6) is 1.81. The molecular weight excluding hydrogens is 372 g/mol. The zero-order chi connectivity index (χ0) is 19.8. The minimum Gasteiger partial charge on any atom is -0.374 e. The average Bonchev–Trinajstić information content (AvgIpc) is 3.41. The van der Waals surface area contributed by atoms with Crippen LogP contribution in [-0.2, 0) is 4.74 Å². The van der Waals surface area contributed by atoms with Crippen molar-refractivity contribution in [3.8, 4) is 11.6 Å². The Morgan fingerprint density at radius 3 is 2.66 bits per heavy atom. The normalized spacial score (nSPS) is 16.7. The molecule has 2 N–H and O–H groups in total. The molecule has 0 bridgehead atoms. The number of ether oxygens (including phenoxy) is 1. The van der Waals surface area contributed by atoms with Crippen LogP contribution in [0.1, 0.15) is 12.8 Å². The number of hydrogen-bond donors (Lipinski definition) is 1.